The van der Waals surface area contributed by atoms with Crippen molar-refractivity contribution < 1.29 is 14.6 Å². The molecule has 15 heavy (non-hydrogen) atoms. The highest BCUT2D eigenvalue weighted by Gasteiger charge is 2.35. The van der Waals surface area contributed by atoms with Gasteiger partial charge in [-0.2, -0.15) is 0 Å². The maximum atomic E-state index is 8.79. The summed E-state index contributed by atoms with van der Waals surface area (Å²) in [5.41, 5.74) is -0.182. The van der Waals surface area contributed by atoms with Gasteiger partial charge in [0.25, 0.3) is 0 Å². The first-order chi connectivity index (χ1) is 7.20. The Balaban J connectivity index is 4.51. The highest BCUT2D eigenvalue weighted by atomic mass is 16.6. The van der Waals surface area contributed by atoms with E-state index < -0.39 is 0 Å². The molecule has 0 saturated carbocycles. The molecule has 0 rings (SSSR count). The van der Waals surface area contributed by atoms with E-state index in [2.05, 4.69) is 20.8 Å². The molecule has 3 heteroatoms. The van der Waals surface area contributed by atoms with Gasteiger partial charge in [-0.15, -0.1) is 0 Å². The summed E-state index contributed by atoms with van der Waals surface area (Å²) in [4.78, 5) is 0. The fourth-order valence-corrected chi connectivity index (χ4v) is 2.13. The molecule has 92 valence electrons. The minimum atomic E-state index is -0.182. The van der Waals surface area contributed by atoms with Crippen LogP contribution in [0.4, 0.5) is 0 Å². The Bertz CT molecular complexity index is 144. The lowest BCUT2D eigenvalue weighted by Crippen LogP contribution is -2.45. The Morgan fingerprint density at radius 2 is 1.73 bits per heavy atom. The zero-order valence-electron chi connectivity index (χ0n) is 10.6. The second kappa shape index (κ2) is 8.08. The fraction of sp³-hybridized carbons (Fsp3) is 1.00. The fourth-order valence-electron chi connectivity index (χ4n) is 2.13. The summed E-state index contributed by atoms with van der Waals surface area (Å²) in [5, 5.41) is 8.79. The number of aliphatic hydroxyl groups is 1. The summed E-state index contributed by atoms with van der Waals surface area (Å²) in [6, 6.07) is 0. The average Bonchev–Trinajstić information content (AvgIpc) is 2.28. The Kier molecular flexibility index (Phi) is 8.02. The quantitative estimate of drug-likeness (QED) is 0.645. The van der Waals surface area contributed by atoms with E-state index in [1.165, 1.54) is 0 Å². The van der Waals surface area contributed by atoms with Crippen LogP contribution in [-0.2, 0) is 9.47 Å². The van der Waals surface area contributed by atoms with Crippen molar-refractivity contribution in [2.45, 2.75) is 58.7 Å². The van der Waals surface area contributed by atoms with E-state index >= 15 is 0 Å². The highest BCUT2D eigenvalue weighted by molar-refractivity contribution is 4.86. The summed E-state index contributed by atoms with van der Waals surface area (Å²) in [6.45, 7) is 9.55. The normalized spacial score (nSPS) is 14.2. The summed E-state index contributed by atoms with van der Waals surface area (Å²) in [7, 11) is 0. The number of hydrogen-bond donors (Lipinski definition) is 1. The van der Waals surface area contributed by atoms with Crippen LogP contribution in [0.15, 0.2) is 0 Å². The van der Waals surface area contributed by atoms with Crippen LogP contribution in [0.1, 0.15) is 47.0 Å². The first-order valence-corrected chi connectivity index (χ1v) is 6.07. The lowest BCUT2D eigenvalue weighted by atomic mass is 9.88. The van der Waals surface area contributed by atoms with E-state index in [0.29, 0.717) is 13.2 Å². The number of rotatable bonds is 9. The molecule has 0 spiro atoms. The van der Waals surface area contributed by atoms with Gasteiger partial charge in [0.15, 0.2) is 0 Å². The van der Waals surface area contributed by atoms with Crippen molar-refractivity contribution in [3.8, 4) is 0 Å². The van der Waals surface area contributed by atoms with Crippen LogP contribution >= 0.6 is 0 Å². The molecule has 0 aromatic rings. The molecule has 0 aliphatic heterocycles. The van der Waals surface area contributed by atoms with Crippen LogP contribution in [0.25, 0.3) is 0 Å². The molecule has 0 aliphatic carbocycles. The SMILES string of the molecule is CCOC(CC)(CC)C(CC)OCCO. The van der Waals surface area contributed by atoms with Gasteiger partial charge >= 0.3 is 0 Å². The Morgan fingerprint density at radius 1 is 1.13 bits per heavy atom. The molecular weight excluding hydrogens is 192 g/mol. The maximum absolute atomic E-state index is 8.79. The minimum absolute atomic E-state index is 0.0755. The zero-order valence-corrected chi connectivity index (χ0v) is 10.6. The first kappa shape index (κ1) is 14.9. The standard InChI is InChI=1S/C12H26O3/c1-5-11(14-10-9-13)12(6-2,7-3)15-8-4/h11,13H,5-10H2,1-4H3. The van der Waals surface area contributed by atoms with E-state index in [4.69, 9.17) is 14.6 Å². The average molecular weight is 218 g/mol. The molecule has 0 bridgehead atoms. The van der Waals surface area contributed by atoms with Crippen LogP contribution in [0.2, 0.25) is 0 Å². The molecule has 1 unspecified atom stereocenters. The van der Waals surface area contributed by atoms with Crippen molar-refractivity contribution in [1.29, 1.82) is 0 Å². The predicted molar refractivity (Wildman–Crippen MR) is 62.1 cm³/mol. The van der Waals surface area contributed by atoms with Gasteiger partial charge in [-0.05, 0) is 26.2 Å². The van der Waals surface area contributed by atoms with E-state index in [1.54, 1.807) is 0 Å². The van der Waals surface area contributed by atoms with E-state index in [9.17, 15) is 0 Å². The van der Waals surface area contributed by atoms with Crippen LogP contribution in [-0.4, -0.2) is 36.6 Å². The topological polar surface area (TPSA) is 38.7 Å². The van der Waals surface area contributed by atoms with Gasteiger partial charge in [-0.3, -0.25) is 0 Å². The molecule has 0 aromatic carbocycles. The third kappa shape index (κ3) is 4.09. The van der Waals surface area contributed by atoms with Crippen molar-refractivity contribution in [3.63, 3.8) is 0 Å². The first-order valence-electron chi connectivity index (χ1n) is 6.07. The number of ether oxygens (including phenoxy) is 2. The Labute approximate surface area is 93.8 Å². The molecule has 0 saturated heterocycles. The minimum Gasteiger partial charge on any atom is -0.394 e. The lowest BCUT2D eigenvalue weighted by molar-refractivity contribution is -0.152. The van der Waals surface area contributed by atoms with Gasteiger partial charge in [-0.25, -0.2) is 0 Å². The molecular formula is C12H26O3. The van der Waals surface area contributed by atoms with Crippen molar-refractivity contribution in [1.82, 2.24) is 0 Å². The molecule has 0 heterocycles. The van der Waals surface area contributed by atoms with Gasteiger partial charge < -0.3 is 14.6 Å². The van der Waals surface area contributed by atoms with Crippen molar-refractivity contribution in [3.05, 3.63) is 0 Å². The van der Waals surface area contributed by atoms with Crippen LogP contribution in [0.5, 0.6) is 0 Å². The van der Waals surface area contributed by atoms with Crippen LogP contribution < -0.4 is 0 Å². The van der Waals surface area contributed by atoms with Gasteiger partial charge in [-0.1, -0.05) is 20.8 Å². The summed E-state index contributed by atoms with van der Waals surface area (Å²) < 4.78 is 11.5. The molecule has 0 fully saturated rings. The zero-order chi connectivity index (χ0) is 11.7. The van der Waals surface area contributed by atoms with Crippen molar-refractivity contribution in [2.24, 2.45) is 0 Å². The lowest BCUT2D eigenvalue weighted by Gasteiger charge is -2.38. The van der Waals surface area contributed by atoms with Crippen LogP contribution in [0, 0.1) is 0 Å². The van der Waals surface area contributed by atoms with Gasteiger partial charge in [0, 0.05) is 6.61 Å². The molecule has 0 aliphatic rings. The largest absolute Gasteiger partial charge is 0.394 e. The monoisotopic (exact) mass is 218 g/mol. The summed E-state index contributed by atoms with van der Waals surface area (Å²) >= 11 is 0. The van der Waals surface area contributed by atoms with Gasteiger partial charge in [0.2, 0.25) is 0 Å². The smallest absolute Gasteiger partial charge is 0.0937 e. The molecule has 0 amide bonds. The van der Waals surface area contributed by atoms with E-state index in [-0.39, 0.29) is 18.3 Å². The molecule has 0 radical (unpaired) electrons. The summed E-state index contributed by atoms with van der Waals surface area (Å²) in [6.07, 6.45) is 2.89. The maximum Gasteiger partial charge on any atom is 0.0937 e. The van der Waals surface area contributed by atoms with E-state index in [0.717, 1.165) is 19.3 Å². The molecule has 0 aromatic heterocycles. The third-order valence-electron chi connectivity index (χ3n) is 3.00. The Hall–Kier alpha value is -0.120. The molecule has 3 nitrogen and oxygen atoms in total. The molecule has 1 N–H and O–H groups in total. The highest BCUT2D eigenvalue weighted by Crippen LogP contribution is 2.29. The van der Waals surface area contributed by atoms with E-state index in [1.807, 2.05) is 6.92 Å². The van der Waals surface area contributed by atoms with Gasteiger partial charge in [0.05, 0.1) is 24.9 Å². The second-order valence-corrected chi connectivity index (χ2v) is 3.70. The van der Waals surface area contributed by atoms with Crippen molar-refractivity contribution in [2.75, 3.05) is 19.8 Å². The number of hydrogen-bond acceptors (Lipinski definition) is 3. The van der Waals surface area contributed by atoms with Crippen LogP contribution in [0.3, 0.4) is 0 Å². The third-order valence-corrected chi connectivity index (χ3v) is 3.00. The predicted octanol–water partition coefficient (Wildman–Crippen LogP) is 2.37. The molecule has 1 atom stereocenters. The second-order valence-electron chi connectivity index (χ2n) is 3.70. The number of aliphatic hydroxyl groups excluding tert-OH is 1. The van der Waals surface area contributed by atoms with Crippen molar-refractivity contribution >= 4 is 0 Å². The Morgan fingerprint density at radius 3 is 2.07 bits per heavy atom. The summed E-state index contributed by atoms with van der Waals surface area (Å²) in [5.74, 6) is 0. The van der Waals surface area contributed by atoms with Gasteiger partial charge in [0.1, 0.15) is 0 Å².